The quantitative estimate of drug-likeness (QED) is 0.617. The molecule has 4 nitrogen and oxygen atoms in total. The highest BCUT2D eigenvalue weighted by Crippen LogP contribution is 2.38. The Morgan fingerprint density at radius 2 is 1.77 bits per heavy atom. The molecule has 1 fully saturated rings. The molecule has 0 saturated heterocycles. The fourth-order valence-corrected chi connectivity index (χ4v) is 4.91. The summed E-state index contributed by atoms with van der Waals surface area (Å²) >= 11 is 7.54. The van der Waals surface area contributed by atoms with E-state index < -0.39 is 0 Å². The zero-order valence-electron chi connectivity index (χ0n) is 17.4. The first-order valence-corrected chi connectivity index (χ1v) is 11.8. The standard InChI is InChI=1S/C24H26ClN3OS/c1-16-6-11-20(14-17(16)2)26-21(29)15-30-23-22(18-7-9-19(25)10-8-18)27-24(28-23)12-4-3-5-13-24/h6-11,14H,3-5,12-13,15H2,1-2H3,(H,26,29). The number of anilines is 1. The highest BCUT2D eigenvalue weighted by molar-refractivity contribution is 8.16. The number of hydrogen-bond acceptors (Lipinski definition) is 4. The number of benzene rings is 2. The van der Waals surface area contributed by atoms with Crippen LogP contribution in [0.1, 0.15) is 48.8 Å². The van der Waals surface area contributed by atoms with Crippen LogP contribution in [0.5, 0.6) is 0 Å². The summed E-state index contributed by atoms with van der Waals surface area (Å²) in [6, 6.07) is 13.7. The van der Waals surface area contributed by atoms with Crippen LogP contribution in [-0.4, -0.2) is 28.1 Å². The van der Waals surface area contributed by atoms with Gasteiger partial charge in [-0.1, -0.05) is 48.0 Å². The molecule has 1 spiro atoms. The Labute approximate surface area is 187 Å². The molecule has 2 aliphatic rings. The van der Waals surface area contributed by atoms with Crippen molar-refractivity contribution in [3.8, 4) is 0 Å². The first-order valence-electron chi connectivity index (χ1n) is 10.4. The number of aliphatic imine (C=N–C) groups is 2. The lowest BCUT2D eigenvalue weighted by atomic mass is 9.90. The predicted octanol–water partition coefficient (Wildman–Crippen LogP) is 6.19. The van der Waals surface area contributed by atoms with Crippen molar-refractivity contribution in [1.82, 2.24) is 0 Å². The van der Waals surface area contributed by atoms with Crippen molar-refractivity contribution < 1.29 is 4.79 Å². The summed E-state index contributed by atoms with van der Waals surface area (Å²) in [4.78, 5) is 22.7. The van der Waals surface area contributed by atoms with E-state index in [0.29, 0.717) is 10.8 Å². The Bertz CT molecular complexity index is 1010. The Morgan fingerprint density at radius 1 is 1.03 bits per heavy atom. The fraction of sp³-hybridized carbons (Fsp3) is 0.375. The molecular weight excluding hydrogens is 414 g/mol. The summed E-state index contributed by atoms with van der Waals surface area (Å²) < 4.78 is 0. The second-order valence-corrected chi connectivity index (χ2v) is 9.46. The minimum atomic E-state index is -0.347. The monoisotopic (exact) mass is 439 g/mol. The molecule has 1 aliphatic heterocycles. The first kappa shape index (κ1) is 21.1. The predicted molar refractivity (Wildman–Crippen MR) is 128 cm³/mol. The van der Waals surface area contributed by atoms with E-state index in [-0.39, 0.29) is 11.6 Å². The minimum Gasteiger partial charge on any atom is -0.325 e. The smallest absolute Gasteiger partial charge is 0.234 e. The first-order chi connectivity index (χ1) is 14.4. The maximum atomic E-state index is 12.6. The van der Waals surface area contributed by atoms with Crippen molar-refractivity contribution in [2.75, 3.05) is 11.1 Å². The molecule has 0 bridgehead atoms. The van der Waals surface area contributed by atoms with E-state index in [1.807, 2.05) is 49.4 Å². The molecule has 1 N–H and O–H groups in total. The van der Waals surface area contributed by atoms with Gasteiger partial charge in [0, 0.05) is 16.3 Å². The normalized spacial score (nSPS) is 17.6. The van der Waals surface area contributed by atoms with Crippen molar-refractivity contribution in [2.24, 2.45) is 9.98 Å². The van der Waals surface area contributed by atoms with Gasteiger partial charge in [0.1, 0.15) is 5.04 Å². The minimum absolute atomic E-state index is 0.0361. The lowest BCUT2D eigenvalue weighted by Gasteiger charge is -2.27. The Morgan fingerprint density at radius 3 is 2.47 bits per heavy atom. The maximum Gasteiger partial charge on any atom is 0.234 e. The number of carbonyl (C=O) groups is 1. The number of aryl methyl sites for hydroxylation is 2. The molecule has 2 aromatic rings. The summed E-state index contributed by atoms with van der Waals surface area (Å²) in [5.74, 6) is 0.264. The second kappa shape index (κ2) is 8.94. The van der Waals surface area contributed by atoms with Crippen molar-refractivity contribution >= 4 is 45.7 Å². The van der Waals surface area contributed by atoms with Gasteiger partial charge in [-0.05, 0) is 74.9 Å². The molecule has 1 amide bonds. The van der Waals surface area contributed by atoms with Crippen molar-refractivity contribution in [3.63, 3.8) is 0 Å². The van der Waals surface area contributed by atoms with Crippen LogP contribution in [-0.2, 0) is 4.79 Å². The average Bonchev–Trinajstić information content (AvgIpc) is 3.08. The molecule has 0 aromatic heterocycles. The van der Waals surface area contributed by atoms with Crippen molar-refractivity contribution in [3.05, 3.63) is 64.2 Å². The number of nitrogens with one attached hydrogen (secondary N) is 1. The molecule has 1 heterocycles. The third-order valence-electron chi connectivity index (χ3n) is 5.73. The van der Waals surface area contributed by atoms with Crippen LogP contribution in [0.4, 0.5) is 5.69 Å². The SMILES string of the molecule is Cc1ccc(NC(=O)CSC2=NC3(CCCCC3)N=C2c2ccc(Cl)cc2)cc1C. The van der Waals surface area contributed by atoms with Crippen LogP contribution in [0.3, 0.4) is 0 Å². The summed E-state index contributed by atoms with van der Waals surface area (Å²) in [6.07, 6.45) is 5.48. The zero-order valence-corrected chi connectivity index (χ0v) is 18.9. The molecule has 0 unspecified atom stereocenters. The van der Waals surface area contributed by atoms with Gasteiger partial charge in [0.2, 0.25) is 5.91 Å². The number of halogens is 1. The largest absolute Gasteiger partial charge is 0.325 e. The topological polar surface area (TPSA) is 53.8 Å². The number of nitrogens with zero attached hydrogens (tertiary/aromatic N) is 2. The molecular formula is C24H26ClN3OS. The molecule has 0 radical (unpaired) electrons. The van der Waals surface area contributed by atoms with Gasteiger partial charge < -0.3 is 5.32 Å². The molecule has 2 aromatic carbocycles. The number of amides is 1. The summed E-state index contributed by atoms with van der Waals surface area (Å²) in [5.41, 5.74) is 4.74. The third-order valence-corrected chi connectivity index (χ3v) is 6.95. The van der Waals surface area contributed by atoms with E-state index in [0.717, 1.165) is 53.3 Å². The molecule has 0 atom stereocenters. The van der Waals surface area contributed by atoms with E-state index >= 15 is 0 Å². The fourth-order valence-electron chi connectivity index (χ4n) is 3.91. The molecule has 30 heavy (non-hydrogen) atoms. The highest BCUT2D eigenvalue weighted by Gasteiger charge is 2.37. The summed E-state index contributed by atoms with van der Waals surface area (Å²) in [7, 11) is 0. The van der Waals surface area contributed by atoms with Crippen LogP contribution in [0.25, 0.3) is 0 Å². The molecule has 4 rings (SSSR count). The van der Waals surface area contributed by atoms with Gasteiger partial charge in [0.25, 0.3) is 0 Å². The van der Waals surface area contributed by atoms with Gasteiger partial charge in [-0.2, -0.15) is 0 Å². The number of thioether (sulfide) groups is 1. The van der Waals surface area contributed by atoms with Crippen LogP contribution in [0.2, 0.25) is 5.02 Å². The summed E-state index contributed by atoms with van der Waals surface area (Å²) in [5, 5.41) is 4.55. The van der Waals surface area contributed by atoms with Crippen LogP contribution in [0, 0.1) is 13.8 Å². The zero-order chi connectivity index (χ0) is 21.1. The molecule has 1 aliphatic carbocycles. The van der Waals surface area contributed by atoms with E-state index in [9.17, 15) is 4.79 Å². The van der Waals surface area contributed by atoms with E-state index in [1.54, 1.807) is 0 Å². The Balaban J connectivity index is 1.49. The third kappa shape index (κ3) is 4.79. The van der Waals surface area contributed by atoms with Gasteiger partial charge in [0.05, 0.1) is 11.5 Å². The van der Waals surface area contributed by atoms with Gasteiger partial charge in [-0.15, -0.1) is 0 Å². The van der Waals surface area contributed by atoms with E-state index in [2.05, 4.69) is 12.2 Å². The maximum absolute atomic E-state index is 12.6. The van der Waals surface area contributed by atoms with Gasteiger partial charge >= 0.3 is 0 Å². The van der Waals surface area contributed by atoms with Crippen molar-refractivity contribution in [1.29, 1.82) is 0 Å². The van der Waals surface area contributed by atoms with Crippen LogP contribution >= 0.6 is 23.4 Å². The summed E-state index contributed by atoms with van der Waals surface area (Å²) in [6.45, 7) is 4.11. The van der Waals surface area contributed by atoms with Crippen LogP contribution in [0.15, 0.2) is 52.4 Å². The Kier molecular flexibility index (Phi) is 6.30. The number of hydrogen-bond donors (Lipinski definition) is 1. The van der Waals surface area contributed by atoms with Crippen molar-refractivity contribution in [2.45, 2.75) is 51.6 Å². The van der Waals surface area contributed by atoms with E-state index in [4.69, 9.17) is 21.6 Å². The van der Waals surface area contributed by atoms with Gasteiger partial charge in [0.15, 0.2) is 5.66 Å². The molecule has 156 valence electrons. The number of carbonyl (C=O) groups excluding carboxylic acids is 1. The number of rotatable bonds is 4. The second-order valence-electron chi connectivity index (χ2n) is 8.06. The lowest BCUT2D eigenvalue weighted by molar-refractivity contribution is -0.113. The Hall–Kier alpha value is -2.11. The highest BCUT2D eigenvalue weighted by atomic mass is 35.5. The average molecular weight is 440 g/mol. The molecule has 6 heteroatoms. The van der Waals surface area contributed by atoms with Crippen LogP contribution < -0.4 is 5.32 Å². The lowest BCUT2D eigenvalue weighted by Crippen LogP contribution is -2.25. The van der Waals surface area contributed by atoms with Gasteiger partial charge in [-0.3, -0.25) is 9.79 Å². The molecule has 1 saturated carbocycles. The van der Waals surface area contributed by atoms with Gasteiger partial charge in [-0.25, -0.2) is 4.99 Å². The van der Waals surface area contributed by atoms with E-state index in [1.165, 1.54) is 23.7 Å².